The van der Waals surface area contributed by atoms with Crippen molar-refractivity contribution in [3.8, 4) is 0 Å². The van der Waals surface area contributed by atoms with Crippen molar-refractivity contribution in [2.24, 2.45) is 0 Å². The molecule has 1 nitrogen and oxygen atoms in total. The molecule has 1 aromatic rings. The quantitative estimate of drug-likeness (QED) is 0.537. The van der Waals surface area contributed by atoms with Gasteiger partial charge in [-0.2, -0.15) is 0 Å². The first kappa shape index (κ1) is 9.01. The van der Waals surface area contributed by atoms with Crippen molar-refractivity contribution < 1.29 is 0 Å². The van der Waals surface area contributed by atoms with Gasteiger partial charge in [0.05, 0.1) is 0 Å². The first-order chi connectivity index (χ1) is 5.15. The molecule has 0 aliphatic heterocycles. The van der Waals surface area contributed by atoms with E-state index in [9.17, 15) is 0 Å². The molecule has 1 aromatic heterocycles. The second kappa shape index (κ2) is 3.55. The largest absolute Gasteiger partial charge is 0.241 e. The number of hydrogen-bond donors (Lipinski definition) is 0. The average Bonchev–Trinajstić information content (AvgIpc) is 1.97. The van der Waals surface area contributed by atoms with Gasteiger partial charge < -0.3 is 0 Å². The smallest absolute Gasteiger partial charge is 0.133 e. The number of aryl methyl sites for hydroxylation is 2. The first-order valence-electron chi connectivity index (χ1n) is 3.33. The monoisotopic (exact) mass is 233 g/mol. The van der Waals surface area contributed by atoms with Crippen LogP contribution in [-0.2, 0) is 5.33 Å². The predicted octanol–water partition coefficient (Wildman–Crippen LogP) is 3.25. The van der Waals surface area contributed by atoms with Crippen LogP contribution in [0.2, 0.25) is 5.15 Å². The standard InChI is InChI=1S/C8H9BrClN/c1-5-3-7(4-9)8(10)11-6(5)2/h3H,4H2,1-2H3. The fourth-order valence-electron chi connectivity index (χ4n) is 0.826. The fraction of sp³-hybridized carbons (Fsp3) is 0.375. The summed E-state index contributed by atoms with van der Waals surface area (Å²) in [5.74, 6) is 0. The van der Waals surface area contributed by atoms with Crippen molar-refractivity contribution in [3.63, 3.8) is 0 Å². The normalized spacial score (nSPS) is 10.2. The van der Waals surface area contributed by atoms with Crippen molar-refractivity contribution >= 4 is 27.5 Å². The van der Waals surface area contributed by atoms with E-state index < -0.39 is 0 Å². The summed E-state index contributed by atoms with van der Waals surface area (Å²) in [5, 5.41) is 1.37. The van der Waals surface area contributed by atoms with Gasteiger partial charge in [-0.25, -0.2) is 4.98 Å². The van der Waals surface area contributed by atoms with E-state index >= 15 is 0 Å². The Bertz CT molecular complexity index is 273. The molecule has 0 saturated heterocycles. The summed E-state index contributed by atoms with van der Waals surface area (Å²) < 4.78 is 0. The molecule has 0 radical (unpaired) electrons. The second-order valence-corrected chi connectivity index (χ2v) is 3.39. The van der Waals surface area contributed by atoms with Crippen molar-refractivity contribution in [1.82, 2.24) is 4.98 Å². The summed E-state index contributed by atoms with van der Waals surface area (Å²) in [7, 11) is 0. The molecule has 0 fully saturated rings. The number of rotatable bonds is 1. The van der Waals surface area contributed by atoms with E-state index in [-0.39, 0.29) is 0 Å². The molecule has 1 heterocycles. The Hall–Kier alpha value is -0.0800. The molecular weight excluding hydrogens is 225 g/mol. The van der Waals surface area contributed by atoms with Crippen LogP contribution >= 0.6 is 27.5 Å². The van der Waals surface area contributed by atoms with Crippen LogP contribution in [0.1, 0.15) is 16.8 Å². The summed E-state index contributed by atoms with van der Waals surface area (Å²) in [6.45, 7) is 3.99. The van der Waals surface area contributed by atoms with Crippen LogP contribution < -0.4 is 0 Å². The van der Waals surface area contributed by atoms with Gasteiger partial charge in [-0.3, -0.25) is 0 Å². The molecule has 0 N–H and O–H groups in total. The SMILES string of the molecule is Cc1cc(CBr)c(Cl)nc1C. The molecule has 1 rings (SSSR count). The summed E-state index contributed by atoms with van der Waals surface area (Å²) in [4.78, 5) is 4.18. The van der Waals surface area contributed by atoms with Crippen LogP contribution in [0.15, 0.2) is 6.07 Å². The van der Waals surface area contributed by atoms with Gasteiger partial charge in [0.2, 0.25) is 0 Å². The van der Waals surface area contributed by atoms with E-state index in [4.69, 9.17) is 11.6 Å². The van der Waals surface area contributed by atoms with E-state index in [0.29, 0.717) is 5.15 Å². The fourth-order valence-corrected chi connectivity index (χ4v) is 1.66. The zero-order valence-corrected chi connectivity index (χ0v) is 8.83. The van der Waals surface area contributed by atoms with Gasteiger partial charge in [-0.1, -0.05) is 33.6 Å². The van der Waals surface area contributed by atoms with Gasteiger partial charge in [0.25, 0.3) is 0 Å². The minimum absolute atomic E-state index is 0.602. The lowest BCUT2D eigenvalue weighted by Crippen LogP contribution is -1.91. The maximum absolute atomic E-state index is 5.86. The second-order valence-electron chi connectivity index (χ2n) is 2.47. The van der Waals surface area contributed by atoms with Crippen LogP contribution in [0, 0.1) is 13.8 Å². The minimum atomic E-state index is 0.602. The lowest BCUT2D eigenvalue weighted by atomic mass is 10.2. The van der Waals surface area contributed by atoms with Gasteiger partial charge in [0.1, 0.15) is 5.15 Å². The molecule has 0 amide bonds. The van der Waals surface area contributed by atoms with Crippen LogP contribution in [-0.4, -0.2) is 4.98 Å². The number of hydrogen-bond acceptors (Lipinski definition) is 1. The summed E-state index contributed by atoms with van der Waals surface area (Å²) in [6, 6.07) is 2.05. The van der Waals surface area contributed by atoms with Crippen LogP contribution in [0.5, 0.6) is 0 Å². The van der Waals surface area contributed by atoms with Gasteiger partial charge >= 0.3 is 0 Å². The van der Waals surface area contributed by atoms with Crippen molar-refractivity contribution in [1.29, 1.82) is 0 Å². The molecular formula is C8H9BrClN. The third-order valence-corrected chi connectivity index (χ3v) is 2.57. The molecule has 0 aliphatic carbocycles. The third-order valence-electron chi connectivity index (χ3n) is 1.64. The Morgan fingerprint density at radius 3 is 2.73 bits per heavy atom. The van der Waals surface area contributed by atoms with E-state index in [1.165, 1.54) is 5.56 Å². The van der Waals surface area contributed by atoms with E-state index in [2.05, 4.69) is 27.0 Å². The lowest BCUT2D eigenvalue weighted by Gasteiger charge is -2.03. The minimum Gasteiger partial charge on any atom is -0.241 e. The van der Waals surface area contributed by atoms with Gasteiger partial charge in [0, 0.05) is 16.6 Å². The number of halogens is 2. The summed E-state index contributed by atoms with van der Waals surface area (Å²) in [6.07, 6.45) is 0. The molecule has 11 heavy (non-hydrogen) atoms. The summed E-state index contributed by atoms with van der Waals surface area (Å²) >= 11 is 9.20. The summed E-state index contributed by atoms with van der Waals surface area (Å²) in [5.41, 5.74) is 3.23. The van der Waals surface area contributed by atoms with Crippen molar-refractivity contribution in [2.75, 3.05) is 0 Å². The highest BCUT2D eigenvalue weighted by atomic mass is 79.9. The molecule has 0 unspecified atom stereocenters. The average molecular weight is 235 g/mol. The number of alkyl halides is 1. The zero-order chi connectivity index (χ0) is 8.43. The van der Waals surface area contributed by atoms with Crippen molar-refractivity contribution in [3.05, 3.63) is 28.0 Å². The molecule has 0 atom stereocenters. The van der Waals surface area contributed by atoms with Gasteiger partial charge in [-0.05, 0) is 19.4 Å². The highest BCUT2D eigenvalue weighted by molar-refractivity contribution is 9.08. The molecule has 3 heteroatoms. The highest BCUT2D eigenvalue weighted by Crippen LogP contribution is 2.18. The van der Waals surface area contributed by atoms with E-state index in [0.717, 1.165) is 16.6 Å². The highest BCUT2D eigenvalue weighted by Gasteiger charge is 2.02. The molecule has 0 spiro atoms. The Morgan fingerprint density at radius 1 is 1.55 bits per heavy atom. The van der Waals surface area contributed by atoms with E-state index in [1.807, 2.05) is 13.8 Å². The third kappa shape index (κ3) is 1.94. The van der Waals surface area contributed by atoms with Crippen molar-refractivity contribution in [2.45, 2.75) is 19.2 Å². The number of aromatic nitrogens is 1. The van der Waals surface area contributed by atoms with Crippen LogP contribution in [0.4, 0.5) is 0 Å². The maximum Gasteiger partial charge on any atom is 0.133 e. The topological polar surface area (TPSA) is 12.9 Å². The Labute approximate surface area is 79.9 Å². The Kier molecular flexibility index (Phi) is 2.90. The van der Waals surface area contributed by atoms with Crippen LogP contribution in [0.25, 0.3) is 0 Å². The first-order valence-corrected chi connectivity index (χ1v) is 4.83. The molecule has 0 saturated carbocycles. The zero-order valence-electron chi connectivity index (χ0n) is 6.49. The molecule has 0 bridgehead atoms. The van der Waals surface area contributed by atoms with Gasteiger partial charge in [-0.15, -0.1) is 0 Å². The molecule has 0 aliphatic rings. The predicted molar refractivity (Wildman–Crippen MR) is 51.4 cm³/mol. The Balaban J connectivity index is 3.21. The number of pyridine rings is 1. The van der Waals surface area contributed by atoms with E-state index in [1.54, 1.807) is 0 Å². The maximum atomic E-state index is 5.86. The Morgan fingerprint density at radius 2 is 2.18 bits per heavy atom. The molecule has 0 aromatic carbocycles. The van der Waals surface area contributed by atoms with Crippen LogP contribution in [0.3, 0.4) is 0 Å². The molecule has 60 valence electrons. The van der Waals surface area contributed by atoms with Gasteiger partial charge in [0.15, 0.2) is 0 Å². The number of nitrogens with zero attached hydrogens (tertiary/aromatic N) is 1. The lowest BCUT2D eigenvalue weighted by molar-refractivity contribution is 1.12.